The minimum Gasteiger partial charge on any atom is -0.508 e. The Kier molecular flexibility index (Phi) is 4.42. The number of aromatic hydroxyl groups is 2. The van der Waals surface area contributed by atoms with Crippen LogP contribution in [-0.4, -0.2) is 20.8 Å². The average Bonchev–Trinajstić information content (AvgIpc) is 2.52. The van der Waals surface area contributed by atoms with Crippen molar-refractivity contribution in [3.8, 4) is 17.6 Å². The zero-order valence-corrected chi connectivity index (χ0v) is 12.0. The molecule has 2 aromatic rings. The minimum absolute atomic E-state index is 0.0882. The fourth-order valence-corrected chi connectivity index (χ4v) is 1.88. The van der Waals surface area contributed by atoms with Crippen molar-refractivity contribution in [3.05, 3.63) is 57.6 Å². The number of benzene rings is 2. The number of nitrogens with zero attached hydrogens (tertiary/aromatic N) is 3. The van der Waals surface area contributed by atoms with Crippen LogP contribution in [0.2, 0.25) is 0 Å². The first-order chi connectivity index (χ1) is 10.9. The van der Waals surface area contributed by atoms with Gasteiger partial charge in [0.15, 0.2) is 0 Å². The van der Waals surface area contributed by atoms with Crippen LogP contribution >= 0.6 is 0 Å². The number of nitriles is 1. The molecule has 0 atom stereocenters. The maximum absolute atomic E-state index is 11.0. The summed E-state index contributed by atoms with van der Waals surface area (Å²) in [6, 6.07) is 9.80. The highest BCUT2D eigenvalue weighted by Crippen LogP contribution is 2.26. The molecule has 8 heteroatoms. The molecule has 0 radical (unpaired) electrons. The summed E-state index contributed by atoms with van der Waals surface area (Å²) in [7, 11) is 0. The lowest BCUT2D eigenvalue weighted by Crippen LogP contribution is -2.02. The van der Waals surface area contributed by atoms with E-state index in [9.17, 15) is 20.3 Å². The van der Waals surface area contributed by atoms with E-state index in [0.717, 1.165) is 6.07 Å². The molecule has 0 fully saturated rings. The molecule has 0 aliphatic carbocycles. The van der Waals surface area contributed by atoms with E-state index in [4.69, 9.17) is 5.26 Å². The summed E-state index contributed by atoms with van der Waals surface area (Å²) in [5.41, 5.74) is 3.28. The zero-order chi connectivity index (χ0) is 17.0. The van der Waals surface area contributed by atoms with Crippen LogP contribution in [0.25, 0.3) is 0 Å². The summed E-state index contributed by atoms with van der Waals surface area (Å²) in [6.45, 7) is 1.59. The van der Waals surface area contributed by atoms with Gasteiger partial charge in [0.25, 0.3) is 5.69 Å². The number of nitro benzene ring substituents is 1. The second kappa shape index (κ2) is 6.44. The molecule has 3 N–H and O–H groups in total. The molecule has 0 saturated heterocycles. The summed E-state index contributed by atoms with van der Waals surface area (Å²) < 4.78 is 0. The minimum atomic E-state index is -0.619. The van der Waals surface area contributed by atoms with Gasteiger partial charge in [-0.25, -0.2) is 0 Å². The maximum atomic E-state index is 11.0. The van der Waals surface area contributed by atoms with Crippen LogP contribution in [0.3, 0.4) is 0 Å². The van der Waals surface area contributed by atoms with E-state index >= 15 is 0 Å². The number of nitro groups is 1. The number of phenolic OH excluding ortho intramolecular Hbond substituents is 2. The van der Waals surface area contributed by atoms with Gasteiger partial charge in [-0.3, -0.25) is 15.5 Å². The highest BCUT2D eigenvalue weighted by molar-refractivity contribution is 6.01. The molecule has 8 nitrogen and oxygen atoms in total. The quantitative estimate of drug-likeness (QED) is 0.452. The van der Waals surface area contributed by atoms with E-state index in [1.165, 1.54) is 30.3 Å². The molecule has 0 unspecified atom stereocenters. The Hall–Kier alpha value is -3.60. The SMILES string of the molecule is CC(=NNc1ccc(C#N)cc1[N+](=O)[O-])c1ccc(O)cc1O. The van der Waals surface area contributed by atoms with E-state index < -0.39 is 4.92 Å². The predicted octanol–water partition coefficient (Wildman–Crippen LogP) is 2.71. The number of phenols is 2. The van der Waals surface area contributed by atoms with E-state index in [1.54, 1.807) is 6.92 Å². The fraction of sp³-hybridized carbons (Fsp3) is 0.0667. The highest BCUT2D eigenvalue weighted by Gasteiger charge is 2.14. The summed E-state index contributed by atoms with van der Waals surface area (Å²) in [6.07, 6.45) is 0. The number of rotatable bonds is 4. The van der Waals surface area contributed by atoms with Gasteiger partial charge in [0.1, 0.15) is 17.2 Å². The van der Waals surface area contributed by atoms with Crippen LogP contribution in [0.4, 0.5) is 11.4 Å². The third-order valence-corrected chi connectivity index (χ3v) is 3.04. The molecule has 2 aromatic carbocycles. The van der Waals surface area contributed by atoms with Crippen molar-refractivity contribution in [2.45, 2.75) is 6.92 Å². The normalized spacial score (nSPS) is 10.9. The lowest BCUT2D eigenvalue weighted by atomic mass is 10.1. The van der Waals surface area contributed by atoms with Crippen molar-refractivity contribution in [3.63, 3.8) is 0 Å². The van der Waals surface area contributed by atoms with E-state index in [1.807, 2.05) is 6.07 Å². The van der Waals surface area contributed by atoms with Gasteiger partial charge in [-0.2, -0.15) is 10.4 Å². The second-order valence-electron chi connectivity index (χ2n) is 4.61. The molecule has 0 saturated carbocycles. The maximum Gasteiger partial charge on any atom is 0.295 e. The van der Waals surface area contributed by atoms with E-state index in [-0.39, 0.29) is 28.4 Å². The van der Waals surface area contributed by atoms with Crippen LogP contribution in [0, 0.1) is 21.4 Å². The smallest absolute Gasteiger partial charge is 0.295 e. The first-order valence-corrected chi connectivity index (χ1v) is 6.43. The van der Waals surface area contributed by atoms with Crippen LogP contribution in [0.5, 0.6) is 11.5 Å². The Morgan fingerprint density at radius 1 is 1.30 bits per heavy atom. The Morgan fingerprint density at radius 2 is 2.04 bits per heavy atom. The van der Waals surface area contributed by atoms with Crippen molar-refractivity contribution in [1.29, 1.82) is 5.26 Å². The van der Waals surface area contributed by atoms with Crippen molar-refractivity contribution >= 4 is 17.1 Å². The van der Waals surface area contributed by atoms with Crippen molar-refractivity contribution in [2.75, 3.05) is 5.43 Å². The van der Waals surface area contributed by atoms with Gasteiger partial charge in [0.2, 0.25) is 0 Å². The standard InChI is InChI=1S/C15H12N4O4/c1-9(12-4-3-11(20)7-15(12)21)17-18-13-5-2-10(8-16)6-14(13)19(22)23/h2-7,18,20-21H,1H3. The predicted molar refractivity (Wildman–Crippen MR) is 83.4 cm³/mol. The van der Waals surface area contributed by atoms with Crippen LogP contribution in [0.1, 0.15) is 18.1 Å². The summed E-state index contributed by atoms with van der Waals surface area (Å²) in [5, 5.41) is 42.8. The highest BCUT2D eigenvalue weighted by atomic mass is 16.6. The molecule has 116 valence electrons. The lowest BCUT2D eigenvalue weighted by Gasteiger charge is -2.06. The lowest BCUT2D eigenvalue weighted by molar-refractivity contribution is -0.384. The van der Waals surface area contributed by atoms with Gasteiger partial charge in [-0.1, -0.05) is 0 Å². The average molecular weight is 312 g/mol. The van der Waals surface area contributed by atoms with Gasteiger partial charge in [0.05, 0.1) is 22.3 Å². The van der Waals surface area contributed by atoms with Crippen molar-refractivity contribution in [1.82, 2.24) is 0 Å². The Balaban J connectivity index is 2.32. The first kappa shape index (κ1) is 15.8. The number of hydrazone groups is 1. The van der Waals surface area contributed by atoms with Crippen molar-refractivity contribution in [2.24, 2.45) is 5.10 Å². The van der Waals surface area contributed by atoms with Gasteiger partial charge in [0, 0.05) is 17.7 Å². The van der Waals surface area contributed by atoms with Gasteiger partial charge in [-0.05, 0) is 31.2 Å². The van der Waals surface area contributed by atoms with Crippen molar-refractivity contribution < 1.29 is 15.1 Å². The molecule has 0 heterocycles. The monoisotopic (exact) mass is 312 g/mol. The van der Waals surface area contributed by atoms with Gasteiger partial charge < -0.3 is 10.2 Å². The molecule has 2 rings (SSSR count). The molecule has 0 bridgehead atoms. The Morgan fingerprint density at radius 3 is 2.65 bits per heavy atom. The number of nitrogens with one attached hydrogen (secondary N) is 1. The van der Waals surface area contributed by atoms with Crippen LogP contribution in [0.15, 0.2) is 41.5 Å². The van der Waals surface area contributed by atoms with Gasteiger partial charge >= 0.3 is 0 Å². The first-order valence-electron chi connectivity index (χ1n) is 6.43. The molecule has 0 aliphatic rings. The number of hydrogen-bond acceptors (Lipinski definition) is 7. The third-order valence-electron chi connectivity index (χ3n) is 3.04. The number of hydrogen-bond donors (Lipinski definition) is 3. The third kappa shape index (κ3) is 3.54. The number of anilines is 1. The van der Waals surface area contributed by atoms with Crippen LogP contribution < -0.4 is 5.43 Å². The molecule has 0 aliphatic heterocycles. The molecule has 0 spiro atoms. The summed E-state index contributed by atoms with van der Waals surface area (Å²) in [5.74, 6) is -0.253. The topological polar surface area (TPSA) is 132 Å². The van der Waals surface area contributed by atoms with Gasteiger partial charge in [-0.15, -0.1) is 0 Å². The molecule has 23 heavy (non-hydrogen) atoms. The Labute approximate surface area is 131 Å². The summed E-state index contributed by atoms with van der Waals surface area (Å²) >= 11 is 0. The molecule has 0 aromatic heterocycles. The summed E-state index contributed by atoms with van der Waals surface area (Å²) in [4.78, 5) is 10.4. The fourth-order valence-electron chi connectivity index (χ4n) is 1.88. The Bertz CT molecular complexity index is 840. The zero-order valence-electron chi connectivity index (χ0n) is 12.0. The molecule has 0 amide bonds. The van der Waals surface area contributed by atoms with E-state index in [0.29, 0.717) is 11.3 Å². The largest absolute Gasteiger partial charge is 0.508 e. The van der Waals surface area contributed by atoms with E-state index in [2.05, 4.69) is 10.5 Å². The second-order valence-corrected chi connectivity index (χ2v) is 4.61. The van der Waals surface area contributed by atoms with Crippen LogP contribution in [-0.2, 0) is 0 Å². The molecular formula is C15H12N4O4. The molecular weight excluding hydrogens is 300 g/mol.